The van der Waals surface area contributed by atoms with Crippen molar-refractivity contribution in [3.63, 3.8) is 0 Å². The standard InChI is InChI=1S/C27H26N4O3/c1-16(2)12-23(31-17(3)19-8-4-5-9-20(19)24(31)32)25(33)30-15-27(13-18(30)14-28)21-10-6-7-11-22(21)29-26(27)34/h4-11,16,18,23H,3,12-13,15H2,1-2H3,(H,29,34)/t18-,23-,27-/m0/s1. The highest BCUT2D eigenvalue weighted by molar-refractivity contribution is 6.11. The Hall–Kier alpha value is -3.92. The van der Waals surface area contributed by atoms with Gasteiger partial charge in [-0.3, -0.25) is 19.3 Å². The van der Waals surface area contributed by atoms with Gasteiger partial charge >= 0.3 is 0 Å². The number of fused-ring (bicyclic) bond motifs is 3. The number of anilines is 1. The number of amides is 3. The molecule has 3 aliphatic heterocycles. The van der Waals surface area contributed by atoms with Gasteiger partial charge < -0.3 is 10.2 Å². The van der Waals surface area contributed by atoms with Gasteiger partial charge in [-0.25, -0.2) is 0 Å². The van der Waals surface area contributed by atoms with Crippen molar-refractivity contribution in [1.82, 2.24) is 9.80 Å². The summed E-state index contributed by atoms with van der Waals surface area (Å²) >= 11 is 0. The van der Waals surface area contributed by atoms with E-state index in [0.29, 0.717) is 23.2 Å². The van der Waals surface area contributed by atoms with Crippen molar-refractivity contribution < 1.29 is 14.4 Å². The van der Waals surface area contributed by atoms with E-state index in [-0.39, 0.29) is 36.6 Å². The van der Waals surface area contributed by atoms with E-state index in [4.69, 9.17) is 0 Å². The number of para-hydroxylation sites is 1. The first-order valence-electron chi connectivity index (χ1n) is 11.5. The second-order valence-electron chi connectivity index (χ2n) is 9.71. The van der Waals surface area contributed by atoms with Crippen LogP contribution in [0.15, 0.2) is 55.1 Å². The smallest absolute Gasteiger partial charge is 0.259 e. The lowest BCUT2D eigenvalue weighted by atomic mass is 9.80. The van der Waals surface area contributed by atoms with Gasteiger partial charge in [0.05, 0.1) is 11.5 Å². The molecule has 0 unspecified atom stereocenters. The van der Waals surface area contributed by atoms with E-state index in [9.17, 15) is 19.6 Å². The van der Waals surface area contributed by atoms with E-state index in [2.05, 4.69) is 18.0 Å². The van der Waals surface area contributed by atoms with Crippen molar-refractivity contribution in [3.05, 3.63) is 71.8 Å². The van der Waals surface area contributed by atoms with Gasteiger partial charge in [-0.2, -0.15) is 5.26 Å². The summed E-state index contributed by atoms with van der Waals surface area (Å²) in [5.74, 6) is -0.660. The summed E-state index contributed by atoms with van der Waals surface area (Å²) in [7, 11) is 0. The van der Waals surface area contributed by atoms with Gasteiger partial charge in [0.25, 0.3) is 5.91 Å². The molecular formula is C27H26N4O3. The van der Waals surface area contributed by atoms with Crippen LogP contribution in [-0.4, -0.2) is 46.1 Å². The van der Waals surface area contributed by atoms with Crippen molar-refractivity contribution in [2.75, 3.05) is 11.9 Å². The van der Waals surface area contributed by atoms with E-state index in [1.807, 2.05) is 50.2 Å². The lowest BCUT2D eigenvalue weighted by Crippen LogP contribution is -2.51. The maximum absolute atomic E-state index is 14.0. The Labute approximate surface area is 198 Å². The molecule has 3 heterocycles. The highest BCUT2D eigenvalue weighted by Crippen LogP contribution is 2.47. The van der Waals surface area contributed by atoms with E-state index in [0.717, 1.165) is 11.3 Å². The first-order chi connectivity index (χ1) is 16.3. The van der Waals surface area contributed by atoms with E-state index >= 15 is 0 Å². The number of carbonyl (C=O) groups is 3. The molecule has 3 amide bonds. The first kappa shape index (κ1) is 21.9. The SMILES string of the molecule is C=C1c2ccccc2C(=O)N1[C@@H](CC(C)C)C(=O)N1C[C@]2(C[C@H]1C#N)C(=O)Nc1ccccc12. The van der Waals surface area contributed by atoms with Gasteiger partial charge in [-0.15, -0.1) is 0 Å². The van der Waals surface area contributed by atoms with Gasteiger partial charge in [-0.05, 0) is 30.0 Å². The van der Waals surface area contributed by atoms with Crippen molar-refractivity contribution in [3.8, 4) is 6.07 Å². The maximum atomic E-state index is 14.0. The largest absolute Gasteiger partial charge is 0.325 e. The van der Waals surface area contributed by atoms with Crippen LogP contribution in [0.25, 0.3) is 5.70 Å². The minimum Gasteiger partial charge on any atom is -0.325 e. The van der Waals surface area contributed by atoms with Crippen LogP contribution in [-0.2, 0) is 15.0 Å². The molecule has 7 heteroatoms. The van der Waals surface area contributed by atoms with Crippen LogP contribution in [0, 0.1) is 17.2 Å². The molecule has 3 atom stereocenters. The minimum absolute atomic E-state index is 0.100. The summed E-state index contributed by atoms with van der Waals surface area (Å²) in [6, 6.07) is 15.3. The Balaban J connectivity index is 1.52. The number of nitrogens with one attached hydrogen (secondary N) is 1. The Morgan fingerprint density at radius 2 is 1.85 bits per heavy atom. The molecule has 0 aliphatic carbocycles. The summed E-state index contributed by atoms with van der Waals surface area (Å²) in [6.45, 7) is 8.20. The third-order valence-corrected chi connectivity index (χ3v) is 7.19. The molecular weight excluding hydrogens is 428 g/mol. The minimum atomic E-state index is -0.968. The number of rotatable bonds is 4. The van der Waals surface area contributed by atoms with Crippen molar-refractivity contribution in [2.24, 2.45) is 5.92 Å². The highest BCUT2D eigenvalue weighted by atomic mass is 16.2. The van der Waals surface area contributed by atoms with E-state index in [1.54, 1.807) is 12.1 Å². The number of hydrogen-bond donors (Lipinski definition) is 1. The number of likely N-dealkylation sites (tertiary alicyclic amines) is 1. The zero-order chi connectivity index (χ0) is 24.2. The molecule has 7 nitrogen and oxygen atoms in total. The van der Waals surface area contributed by atoms with Crippen LogP contribution >= 0.6 is 0 Å². The number of hydrogen-bond acceptors (Lipinski definition) is 4. The second kappa shape index (κ2) is 7.84. The molecule has 34 heavy (non-hydrogen) atoms. The lowest BCUT2D eigenvalue weighted by molar-refractivity contribution is -0.136. The molecule has 0 bridgehead atoms. The molecule has 5 rings (SSSR count). The van der Waals surface area contributed by atoms with Gasteiger partial charge in [0.15, 0.2) is 0 Å². The van der Waals surface area contributed by atoms with Crippen LogP contribution in [0.1, 0.15) is 48.2 Å². The Kier molecular flexibility index (Phi) is 5.05. The molecule has 1 spiro atoms. The monoisotopic (exact) mass is 454 g/mol. The highest BCUT2D eigenvalue weighted by Gasteiger charge is 2.57. The van der Waals surface area contributed by atoms with Gasteiger partial charge in [-0.1, -0.05) is 56.8 Å². The van der Waals surface area contributed by atoms with E-state index < -0.39 is 17.5 Å². The molecule has 172 valence electrons. The zero-order valence-electron chi connectivity index (χ0n) is 19.2. The molecule has 0 aromatic heterocycles. The topological polar surface area (TPSA) is 93.5 Å². The Morgan fingerprint density at radius 3 is 2.53 bits per heavy atom. The number of benzene rings is 2. The predicted octanol–water partition coefficient (Wildman–Crippen LogP) is 3.54. The zero-order valence-corrected chi connectivity index (χ0v) is 19.2. The molecule has 1 saturated heterocycles. The van der Waals surface area contributed by atoms with Crippen LogP contribution in [0.4, 0.5) is 5.69 Å². The molecule has 2 aromatic rings. The van der Waals surface area contributed by atoms with Crippen molar-refractivity contribution in [1.29, 1.82) is 5.26 Å². The van der Waals surface area contributed by atoms with Gasteiger partial charge in [0, 0.05) is 35.5 Å². The fourth-order valence-electron chi connectivity index (χ4n) is 5.57. The summed E-state index contributed by atoms with van der Waals surface area (Å²) in [6.07, 6.45) is 0.642. The predicted molar refractivity (Wildman–Crippen MR) is 127 cm³/mol. The molecule has 0 saturated carbocycles. The first-order valence-corrected chi connectivity index (χ1v) is 11.5. The van der Waals surface area contributed by atoms with Crippen LogP contribution in [0.5, 0.6) is 0 Å². The van der Waals surface area contributed by atoms with E-state index in [1.165, 1.54) is 9.80 Å². The van der Waals surface area contributed by atoms with Crippen molar-refractivity contribution in [2.45, 2.75) is 44.2 Å². The fourth-order valence-corrected chi connectivity index (χ4v) is 5.57. The average Bonchev–Trinajstić information content (AvgIpc) is 3.43. The number of carbonyl (C=O) groups excluding carboxylic acids is 3. The Morgan fingerprint density at radius 1 is 1.18 bits per heavy atom. The van der Waals surface area contributed by atoms with Gasteiger partial charge in [0.2, 0.25) is 11.8 Å². The van der Waals surface area contributed by atoms with Gasteiger partial charge in [0.1, 0.15) is 12.1 Å². The third kappa shape index (κ3) is 3.06. The summed E-state index contributed by atoms with van der Waals surface area (Å²) in [4.78, 5) is 43.5. The second-order valence-corrected chi connectivity index (χ2v) is 9.71. The van der Waals surface area contributed by atoms with Crippen LogP contribution in [0.3, 0.4) is 0 Å². The third-order valence-electron chi connectivity index (χ3n) is 7.19. The van der Waals surface area contributed by atoms with Crippen LogP contribution in [0.2, 0.25) is 0 Å². The molecule has 3 aliphatic rings. The number of nitriles is 1. The summed E-state index contributed by atoms with van der Waals surface area (Å²) in [5.41, 5.74) is 2.29. The molecule has 1 fully saturated rings. The quantitative estimate of drug-likeness (QED) is 0.765. The summed E-state index contributed by atoms with van der Waals surface area (Å²) in [5, 5.41) is 12.9. The number of nitrogens with zero attached hydrogens (tertiary/aromatic N) is 3. The normalized spacial score (nSPS) is 23.8. The maximum Gasteiger partial charge on any atom is 0.259 e. The fraction of sp³-hybridized carbons (Fsp3) is 0.333. The summed E-state index contributed by atoms with van der Waals surface area (Å²) < 4.78 is 0. The van der Waals surface area contributed by atoms with Crippen molar-refractivity contribution >= 4 is 29.1 Å². The molecule has 1 N–H and O–H groups in total. The Bertz CT molecular complexity index is 1240. The molecule has 0 radical (unpaired) electrons. The lowest BCUT2D eigenvalue weighted by Gasteiger charge is -2.33. The average molecular weight is 455 g/mol. The molecule has 2 aromatic carbocycles. The van der Waals surface area contributed by atoms with Crippen LogP contribution < -0.4 is 5.32 Å².